The molecule has 10 nitrogen and oxygen atoms in total. The molecule has 4 aromatic rings. The summed E-state index contributed by atoms with van der Waals surface area (Å²) in [5.74, 6) is -0.433. The van der Waals surface area contributed by atoms with Crippen LogP contribution in [-0.2, 0) is 17.7 Å². The zero-order valence-electron chi connectivity index (χ0n) is 20.2. The van der Waals surface area contributed by atoms with E-state index in [0.717, 1.165) is 29.6 Å². The molecule has 2 N–H and O–H groups in total. The second-order valence-corrected chi connectivity index (χ2v) is 11.5. The second-order valence-electron chi connectivity index (χ2n) is 7.96. The van der Waals surface area contributed by atoms with Crippen molar-refractivity contribution < 1.29 is 22.8 Å². The molecule has 2 heterocycles. The van der Waals surface area contributed by atoms with Gasteiger partial charge in [-0.1, -0.05) is 76.0 Å². The largest absolute Gasteiger partial charge is 0.437 e. The molecule has 4 rings (SSSR count). The molecule has 0 bridgehead atoms. The number of hydrogen-bond acceptors (Lipinski definition) is 9. The monoisotopic (exact) mass is 699 g/mol. The Morgan fingerprint density at radius 1 is 0.881 bits per heavy atom. The number of halogens is 7. The van der Waals surface area contributed by atoms with Crippen molar-refractivity contribution in [3.8, 4) is 11.6 Å². The summed E-state index contributed by atoms with van der Waals surface area (Å²) in [5.41, 5.74) is -2.73. The highest BCUT2D eigenvalue weighted by atomic mass is 35.5. The predicted octanol–water partition coefficient (Wildman–Crippen LogP) is 7.77. The Kier molecular flexibility index (Phi) is 10.0. The number of nitro groups is 1. The van der Waals surface area contributed by atoms with Gasteiger partial charge in [-0.25, -0.2) is 4.98 Å². The minimum Gasteiger partial charge on any atom is -0.437 e. The van der Waals surface area contributed by atoms with Crippen molar-refractivity contribution in [3.63, 3.8) is 0 Å². The molecule has 0 saturated carbocycles. The highest BCUT2D eigenvalue weighted by molar-refractivity contribution is 7.98. The van der Waals surface area contributed by atoms with E-state index in [9.17, 15) is 32.9 Å². The predicted molar refractivity (Wildman–Crippen MR) is 153 cm³/mol. The molecule has 0 radical (unpaired) electrons. The zero-order chi connectivity index (χ0) is 30.8. The third-order valence-electron chi connectivity index (χ3n) is 5.14. The van der Waals surface area contributed by atoms with E-state index in [1.54, 1.807) is 0 Å². The smallest absolute Gasteiger partial charge is 0.433 e. The molecule has 0 unspecified atom stereocenters. The minimum absolute atomic E-state index is 0.000836. The van der Waals surface area contributed by atoms with Gasteiger partial charge in [0.25, 0.3) is 16.8 Å². The molecule has 19 heteroatoms. The number of alkyl halides is 3. The molecule has 2 aromatic carbocycles. The lowest BCUT2D eigenvalue weighted by Crippen LogP contribution is -2.16. The quantitative estimate of drug-likeness (QED) is 0.0588. The maximum absolute atomic E-state index is 13.0. The first kappa shape index (κ1) is 32.0. The molecule has 0 amide bonds. The molecule has 0 saturated heterocycles. The van der Waals surface area contributed by atoms with E-state index in [1.807, 2.05) is 0 Å². The number of benzene rings is 2. The van der Waals surface area contributed by atoms with Gasteiger partial charge in [-0.3, -0.25) is 19.7 Å². The Morgan fingerprint density at radius 2 is 1.50 bits per heavy atom. The number of aromatic nitrogens is 4. The summed E-state index contributed by atoms with van der Waals surface area (Å²) in [6.45, 7) is 0. The zero-order valence-corrected chi connectivity index (χ0v) is 24.9. The minimum atomic E-state index is -4.82. The van der Waals surface area contributed by atoms with Crippen molar-refractivity contribution >= 4 is 75.6 Å². The van der Waals surface area contributed by atoms with Gasteiger partial charge in [-0.05, 0) is 6.07 Å². The van der Waals surface area contributed by atoms with Gasteiger partial charge in [0.05, 0.1) is 26.6 Å². The summed E-state index contributed by atoms with van der Waals surface area (Å²) < 4.78 is 44.6. The van der Waals surface area contributed by atoms with Crippen molar-refractivity contribution in [2.45, 2.75) is 28.0 Å². The number of ether oxygens (including phenoxy) is 1. The van der Waals surface area contributed by atoms with Gasteiger partial charge in [-0.2, -0.15) is 18.2 Å². The van der Waals surface area contributed by atoms with Crippen molar-refractivity contribution in [3.05, 3.63) is 104 Å². The van der Waals surface area contributed by atoms with E-state index in [1.165, 1.54) is 24.3 Å². The highest BCUT2D eigenvalue weighted by Crippen LogP contribution is 2.43. The Morgan fingerprint density at radius 3 is 2.14 bits per heavy atom. The summed E-state index contributed by atoms with van der Waals surface area (Å²) in [6.07, 6.45) is -4.82. The molecule has 0 spiro atoms. The third-order valence-corrected chi connectivity index (χ3v) is 8.52. The average Bonchev–Trinajstić information content (AvgIpc) is 2.89. The lowest BCUT2D eigenvalue weighted by atomic mass is 10.2. The first-order valence-electron chi connectivity index (χ1n) is 11.0. The molecule has 0 atom stereocenters. The van der Waals surface area contributed by atoms with Gasteiger partial charge in [0.2, 0.25) is 5.88 Å². The summed E-state index contributed by atoms with van der Waals surface area (Å²) in [4.78, 5) is 46.9. The van der Waals surface area contributed by atoms with E-state index in [-0.39, 0.29) is 70.4 Å². The molecular formula is C23H12Cl4F3N5O5S2. The maximum atomic E-state index is 13.0. The second kappa shape index (κ2) is 13.1. The van der Waals surface area contributed by atoms with Gasteiger partial charge in [0.1, 0.15) is 5.02 Å². The molecular weight excluding hydrogens is 689 g/mol. The number of hydrogen-bond donors (Lipinski definition) is 2. The summed E-state index contributed by atoms with van der Waals surface area (Å²) in [5, 5.41) is 11.0. The molecule has 0 aliphatic heterocycles. The van der Waals surface area contributed by atoms with Crippen LogP contribution in [0.1, 0.15) is 16.8 Å². The number of thioether (sulfide) groups is 2. The fraction of sp³-hybridized carbons (Fsp3) is 0.130. The highest BCUT2D eigenvalue weighted by Gasteiger charge is 2.33. The van der Waals surface area contributed by atoms with E-state index < -0.39 is 27.9 Å². The van der Waals surface area contributed by atoms with Crippen molar-refractivity contribution in [1.82, 2.24) is 19.9 Å². The topological polar surface area (TPSA) is 144 Å². The first-order valence-corrected chi connectivity index (χ1v) is 14.5. The lowest BCUT2D eigenvalue weighted by Gasteiger charge is -2.14. The van der Waals surface area contributed by atoms with Gasteiger partial charge in [-0.15, -0.1) is 0 Å². The van der Waals surface area contributed by atoms with Crippen LogP contribution in [0.4, 0.5) is 18.9 Å². The van der Waals surface area contributed by atoms with Gasteiger partial charge in [0, 0.05) is 40.3 Å². The Hall–Kier alpha value is -2.95. The number of H-pyrrole nitrogens is 2. The number of nitrogens with zero attached hydrogens (tertiary/aromatic N) is 3. The van der Waals surface area contributed by atoms with Gasteiger partial charge < -0.3 is 14.7 Å². The van der Waals surface area contributed by atoms with Crippen LogP contribution in [0.15, 0.2) is 56.3 Å². The van der Waals surface area contributed by atoms with E-state index >= 15 is 0 Å². The van der Waals surface area contributed by atoms with Crippen LogP contribution >= 0.6 is 69.9 Å². The molecule has 0 aliphatic carbocycles. The summed E-state index contributed by atoms with van der Waals surface area (Å²) in [6, 6.07) is 6.84. The number of rotatable bonds is 9. The van der Waals surface area contributed by atoms with Crippen molar-refractivity contribution in [2.75, 3.05) is 0 Å². The number of nitro benzene ring substituents is 1. The van der Waals surface area contributed by atoms with Gasteiger partial charge in [0.15, 0.2) is 21.8 Å². The summed E-state index contributed by atoms with van der Waals surface area (Å²) in [7, 11) is 0. The fourth-order valence-electron chi connectivity index (χ4n) is 3.26. The van der Waals surface area contributed by atoms with Crippen LogP contribution in [0, 0.1) is 10.1 Å². The number of aromatic amines is 2. The van der Waals surface area contributed by atoms with Crippen LogP contribution in [-0.4, -0.2) is 24.9 Å². The molecule has 42 heavy (non-hydrogen) atoms. The van der Waals surface area contributed by atoms with Gasteiger partial charge >= 0.3 is 6.18 Å². The van der Waals surface area contributed by atoms with Crippen LogP contribution in [0.5, 0.6) is 11.6 Å². The molecule has 220 valence electrons. The average molecular weight is 701 g/mol. The summed E-state index contributed by atoms with van der Waals surface area (Å²) >= 11 is 26.9. The fourth-order valence-corrected chi connectivity index (χ4v) is 6.34. The lowest BCUT2D eigenvalue weighted by molar-refractivity contribution is -0.385. The SMILES string of the molecule is O=c1cc(Oc2cc(Cl)c(CSc3nc(C(F)(F)F)cc(=O)[nH]3)c(Cl)c2Cl)nc(SCc2c(Cl)cccc2[N+](=O)[O-])[nH]1. The molecule has 2 aromatic heterocycles. The Labute approximate surface area is 261 Å². The standard InChI is InChI=1S/C23H12Cl4F3N5O5S2/c24-11-2-1-3-13(35(38)39)9(11)7-41-22-33-17(37)6-18(34-22)40-14-4-12(25)10(19(26)20(14)27)8-42-21-31-15(23(28,29)30)5-16(36)32-21/h1-6H,7-8H2,(H,31,32,36)(H,33,34,37). The Bertz CT molecular complexity index is 1810. The number of nitrogens with one attached hydrogen (secondary N) is 2. The van der Waals surface area contributed by atoms with E-state index in [2.05, 4.69) is 19.9 Å². The van der Waals surface area contributed by atoms with E-state index in [4.69, 9.17) is 51.1 Å². The van der Waals surface area contributed by atoms with Crippen LogP contribution in [0.25, 0.3) is 0 Å². The van der Waals surface area contributed by atoms with Crippen molar-refractivity contribution in [2.24, 2.45) is 0 Å². The first-order chi connectivity index (χ1) is 19.7. The Balaban J connectivity index is 1.54. The normalized spacial score (nSPS) is 11.5. The maximum Gasteiger partial charge on any atom is 0.433 e. The molecule has 0 aliphatic rings. The molecule has 0 fully saturated rings. The van der Waals surface area contributed by atoms with Crippen LogP contribution < -0.4 is 15.9 Å². The van der Waals surface area contributed by atoms with E-state index in [0.29, 0.717) is 6.07 Å². The van der Waals surface area contributed by atoms with Crippen molar-refractivity contribution in [1.29, 1.82) is 0 Å². The van der Waals surface area contributed by atoms with Crippen LogP contribution in [0.2, 0.25) is 20.1 Å². The third kappa shape index (κ3) is 7.71. The van der Waals surface area contributed by atoms with Crippen LogP contribution in [0.3, 0.4) is 0 Å².